The van der Waals surface area contributed by atoms with E-state index in [-0.39, 0.29) is 17.1 Å². The van der Waals surface area contributed by atoms with Crippen LogP contribution in [0.5, 0.6) is 0 Å². The fourth-order valence-corrected chi connectivity index (χ4v) is 3.46. The molecule has 0 spiro atoms. The lowest BCUT2D eigenvalue weighted by Crippen LogP contribution is -2.44. The van der Waals surface area contributed by atoms with Gasteiger partial charge in [-0.1, -0.05) is 36.4 Å². The average molecular weight is 353 g/mol. The molecular weight excluding hydrogens is 334 g/mol. The first-order chi connectivity index (χ1) is 12.1. The lowest BCUT2D eigenvalue weighted by atomic mass is 10.2. The quantitative estimate of drug-likeness (QED) is 0.560. The zero-order chi connectivity index (χ0) is 17.8. The summed E-state index contributed by atoms with van der Waals surface area (Å²) in [4.78, 5) is 25.6. The van der Waals surface area contributed by atoms with E-state index in [1.54, 1.807) is 13.1 Å². The van der Waals surface area contributed by atoms with Gasteiger partial charge in [-0.2, -0.15) is 0 Å². The Kier molecular flexibility index (Phi) is 5.09. The number of hydrogen-bond donors (Lipinski definition) is 2. The number of fused-ring (bicyclic) bond motifs is 1. The van der Waals surface area contributed by atoms with E-state index in [2.05, 4.69) is 10.9 Å². The van der Waals surface area contributed by atoms with Gasteiger partial charge in [0, 0.05) is 29.0 Å². The van der Waals surface area contributed by atoms with Crippen LogP contribution in [0.25, 0.3) is 10.9 Å². The smallest absolute Gasteiger partial charge is 0.271 e. The van der Waals surface area contributed by atoms with E-state index in [0.717, 1.165) is 15.8 Å². The summed E-state index contributed by atoms with van der Waals surface area (Å²) in [6, 6.07) is 17.3. The van der Waals surface area contributed by atoms with E-state index in [0.29, 0.717) is 5.56 Å². The summed E-state index contributed by atoms with van der Waals surface area (Å²) >= 11 is 1.44. The maximum Gasteiger partial charge on any atom is 0.271 e. The van der Waals surface area contributed by atoms with Crippen LogP contribution in [-0.4, -0.2) is 21.6 Å². The number of nitrogens with one attached hydrogen (secondary N) is 2. The highest BCUT2D eigenvalue weighted by Crippen LogP contribution is 2.22. The molecule has 0 aliphatic carbocycles. The molecule has 128 valence electrons. The van der Waals surface area contributed by atoms with Crippen molar-refractivity contribution in [1.82, 2.24) is 15.4 Å². The number of carbonyl (C=O) groups excluding carboxylic acids is 2. The van der Waals surface area contributed by atoms with E-state index >= 15 is 0 Å². The van der Waals surface area contributed by atoms with E-state index in [1.807, 2.05) is 66.2 Å². The minimum Gasteiger partial charge on any atom is -0.350 e. The number of amides is 2. The van der Waals surface area contributed by atoms with Crippen molar-refractivity contribution in [3.8, 4) is 0 Å². The van der Waals surface area contributed by atoms with E-state index in [1.165, 1.54) is 11.8 Å². The van der Waals surface area contributed by atoms with Gasteiger partial charge in [0.05, 0.1) is 10.8 Å². The van der Waals surface area contributed by atoms with Crippen LogP contribution >= 0.6 is 11.8 Å². The van der Waals surface area contributed by atoms with E-state index in [9.17, 15) is 9.59 Å². The molecule has 1 aromatic heterocycles. The van der Waals surface area contributed by atoms with Crippen molar-refractivity contribution in [2.75, 3.05) is 0 Å². The molecule has 1 heterocycles. The summed E-state index contributed by atoms with van der Waals surface area (Å²) in [5.41, 5.74) is 6.51. The summed E-state index contributed by atoms with van der Waals surface area (Å²) in [7, 11) is 1.89. The maximum absolute atomic E-state index is 12.4. The third-order valence-corrected chi connectivity index (χ3v) is 4.98. The summed E-state index contributed by atoms with van der Waals surface area (Å²) < 4.78 is 1.89. The number of hydrogen-bond acceptors (Lipinski definition) is 3. The number of carbonyl (C=O) groups is 2. The molecular formula is C19H19N3O2S. The molecule has 1 unspecified atom stereocenters. The van der Waals surface area contributed by atoms with Crippen LogP contribution < -0.4 is 10.9 Å². The fraction of sp³-hybridized carbons (Fsp3) is 0.158. The fourth-order valence-electron chi connectivity index (χ4n) is 2.57. The first-order valence-corrected chi connectivity index (χ1v) is 8.80. The maximum atomic E-state index is 12.4. The highest BCUT2D eigenvalue weighted by molar-refractivity contribution is 8.00. The zero-order valence-corrected chi connectivity index (χ0v) is 14.8. The minimum atomic E-state index is -0.331. The van der Waals surface area contributed by atoms with Gasteiger partial charge in [0.2, 0.25) is 0 Å². The largest absolute Gasteiger partial charge is 0.350 e. The van der Waals surface area contributed by atoms with Gasteiger partial charge in [-0.15, -0.1) is 11.8 Å². The highest BCUT2D eigenvalue weighted by atomic mass is 32.2. The summed E-state index contributed by atoms with van der Waals surface area (Å²) in [6.45, 7) is 1.80. The van der Waals surface area contributed by atoms with Crippen molar-refractivity contribution in [2.45, 2.75) is 17.1 Å². The van der Waals surface area contributed by atoms with Gasteiger partial charge in [-0.05, 0) is 25.1 Å². The molecule has 2 amide bonds. The van der Waals surface area contributed by atoms with Crippen LogP contribution in [-0.2, 0) is 11.8 Å². The summed E-state index contributed by atoms with van der Waals surface area (Å²) in [6.07, 6.45) is 1.76. The molecule has 0 radical (unpaired) electrons. The molecule has 6 heteroatoms. The van der Waals surface area contributed by atoms with Crippen molar-refractivity contribution in [3.63, 3.8) is 0 Å². The number of thioether (sulfide) groups is 1. The second-order valence-electron chi connectivity index (χ2n) is 5.69. The molecule has 0 saturated heterocycles. The van der Waals surface area contributed by atoms with Gasteiger partial charge in [0.25, 0.3) is 11.8 Å². The highest BCUT2D eigenvalue weighted by Gasteiger charge is 2.17. The van der Waals surface area contributed by atoms with E-state index < -0.39 is 0 Å². The number of aromatic nitrogens is 1. The predicted molar refractivity (Wildman–Crippen MR) is 100 cm³/mol. The third-order valence-electron chi connectivity index (χ3n) is 3.87. The SMILES string of the molecule is CC(Sc1ccccc1)C(=O)NNC(=O)c1cn(C)c2ccccc12. The molecule has 25 heavy (non-hydrogen) atoms. The Morgan fingerprint density at radius 2 is 1.68 bits per heavy atom. The lowest BCUT2D eigenvalue weighted by Gasteiger charge is -2.12. The Balaban J connectivity index is 1.62. The Bertz CT molecular complexity index is 905. The molecule has 1 atom stereocenters. The monoisotopic (exact) mass is 353 g/mol. The predicted octanol–water partition coefficient (Wildman–Crippen LogP) is 3.12. The number of aryl methyl sites for hydroxylation is 1. The number of hydrazine groups is 1. The Hall–Kier alpha value is -2.73. The van der Waals surface area contributed by atoms with Crippen molar-refractivity contribution in [2.24, 2.45) is 7.05 Å². The minimum absolute atomic E-state index is 0.248. The van der Waals surface area contributed by atoms with Crippen LogP contribution in [0, 0.1) is 0 Å². The molecule has 3 rings (SSSR count). The number of para-hydroxylation sites is 1. The molecule has 0 fully saturated rings. The molecule has 5 nitrogen and oxygen atoms in total. The Morgan fingerprint density at radius 1 is 1.00 bits per heavy atom. The number of rotatable bonds is 4. The first kappa shape index (κ1) is 17.1. The third kappa shape index (κ3) is 3.85. The molecule has 0 aliphatic heterocycles. The molecule has 3 aromatic rings. The first-order valence-electron chi connectivity index (χ1n) is 7.92. The van der Waals surface area contributed by atoms with Gasteiger partial charge < -0.3 is 4.57 Å². The molecule has 0 aliphatic rings. The van der Waals surface area contributed by atoms with Crippen LogP contribution in [0.2, 0.25) is 0 Å². The van der Waals surface area contributed by atoms with Gasteiger partial charge in [0.15, 0.2) is 0 Å². The van der Waals surface area contributed by atoms with Gasteiger partial charge in [-0.25, -0.2) is 0 Å². The van der Waals surface area contributed by atoms with Crippen LogP contribution in [0.15, 0.2) is 65.7 Å². The van der Waals surface area contributed by atoms with Gasteiger partial charge in [0.1, 0.15) is 0 Å². The zero-order valence-electron chi connectivity index (χ0n) is 14.0. The van der Waals surface area contributed by atoms with Crippen molar-refractivity contribution < 1.29 is 9.59 Å². The van der Waals surface area contributed by atoms with Crippen molar-refractivity contribution >= 4 is 34.5 Å². The molecule has 2 aromatic carbocycles. The summed E-state index contributed by atoms with van der Waals surface area (Å²) in [5, 5.41) is 0.527. The Morgan fingerprint density at radius 3 is 2.44 bits per heavy atom. The van der Waals surface area contributed by atoms with Gasteiger partial charge in [-0.3, -0.25) is 20.4 Å². The second-order valence-corrected chi connectivity index (χ2v) is 7.10. The van der Waals surface area contributed by atoms with E-state index in [4.69, 9.17) is 0 Å². The van der Waals surface area contributed by atoms with Gasteiger partial charge >= 0.3 is 0 Å². The molecule has 2 N–H and O–H groups in total. The average Bonchev–Trinajstić information content (AvgIpc) is 2.97. The van der Waals surface area contributed by atoms with Crippen molar-refractivity contribution in [1.29, 1.82) is 0 Å². The molecule has 0 bridgehead atoms. The topological polar surface area (TPSA) is 63.1 Å². The summed E-state index contributed by atoms with van der Waals surface area (Å²) in [5.74, 6) is -0.579. The molecule has 0 saturated carbocycles. The standard InChI is InChI=1S/C19H19N3O2S/c1-13(25-14-8-4-3-5-9-14)18(23)20-21-19(24)16-12-22(2)17-11-7-6-10-15(16)17/h3-13H,1-2H3,(H,20,23)(H,21,24). The normalized spacial score (nSPS) is 11.9. The van der Waals surface area contributed by atoms with Crippen LogP contribution in [0.1, 0.15) is 17.3 Å². The lowest BCUT2D eigenvalue weighted by molar-refractivity contribution is -0.121. The van der Waals surface area contributed by atoms with Crippen LogP contribution in [0.4, 0.5) is 0 Å². The Labute approximate surface area is 150 Å². The van der Waals surface area contributed by atoms with Crippen LogP contribution in [0.3, 0.4) is 0 Å². The number of benzene rings is 2. The van der Waals surface area contributed by atoms with Crippen molar-refractivity contribution in [3.05, 3.63) is 66.4 Å². The number of nitrogens with zero attached hydrogens (tertiary/aromatic N) is 1. The second kappa shape index (κ2) is 7.44.